The van der Waals surface area contributed by atoms with Crippen LogP contribution in [0.4, 0.5) is 5.69 Å². The molecule has 1 aromatic heterocycles. The molecule has 3 aliphatic rings. The van der Waals surface area contributed by atoms with Crippen LogP contribution in [0, 0.1) is 6.92 Å². The molecular weight excluding hydrogens is 438 g/mol. The number of nitrogens with one attached hydrogen (secondary N) is 1. The Morgan fingerprint density at radius 3 is 2.58 bits per heavy atom. The number of hydrogen-bond donors (Lipinski definition) is 1. The van der Waals surface area contributed by atoms with Gasteiger partial charge in [0.15, 0.2) is 0 Å². The first-order valence-corrected chi connectivity index (χ1v) is 12.7. The van der Waals surface area contributed by atoms with Crippen molar-refractivity contribution in [3.8, 4) is 0 Å². The summed E-state index contributed by atoms with van der Waals surface area (Å²) in [5.74, 6) is 0.330. The van der Waals surface area contributed by atoms with E-state index < -0.39 is 20.9 Å². The van der Waals surface area contributed by atoms with E-state index in [0.717, 1.165) is 29.7 Å². The lowest BCUT2D eigenvalue weighted by atomic mass is 9.57. The van der Waals surface area contributed by atoms with Gasteiger partial charge in [-0.25, -0.2) is 13.1 Å². The first-order valence-electron chi connectivity index (χ1n) is 11.2. The Kier molecular flexibility index (Phi) is 4.68. The summed E-state index contributed by atoms with van der Waals surface area (Å²) in [6.45, 7) is 6.37. The van der Waals surface area contributed by atoms with Gasteiger partial charge in [-0.3, -0.25) is 19.4 Å². The van der Waals surface area contributed by atoms with Crippen LogP contribution in [0.15, 0.2) is 34.4 Å². The van der Waals surface area contributed by atoms with Gasteiger partial charge in [-0.2, -0.15) is 5.10 Å². The van der Waals surface area contributed by atoms with E-state index in [1.807, 2.05) is 42.8 Å². The number of sulfonamides is 1. The van der Waals surface area contributed by atoms with Crippen molar-refractivity contribution in [1.82, 2.24) is 19.4 Å². The SMILES string of the molecule is BC(B)(c1cnn(C)c1)N1C(=O)c2cc(S(=O)(=O)NC3(C)CC3)cc(C)c2N2C1=NC[C@H]2C. The van der Waals surface area contributed by atoms with E-state index in [4.69, 9.17) is 4.99 Å². The van der Waals surface area contributed by atoms with Crippen LogP contribution in [0.5, 0.6) is 0 Å². The van der Waals surface area contributed by atoms with Gasteiger partial charge in [0.2, 0.25) is 16.0 Å². The largest absolute Gasteiger partial charge is 0.306 e. The molecular formula is C21H28B2N6O3S. The number of anilines is 1. The molecule has 33 heavy (non-hydrogen) atoms. The van der Waals surface area contributed by atoms with E-state index >= 15 is 0 Å². The highest BCUT2D eigenvalue weighted by molar-refractivity contribution is 7.89. The second kappa shape index (κ2) is 6.96. The van der Waals surface area contributed by atoms with Crippen LogP contribution in [0.25, 0.3) is 0 Å². The van der Waals surface area contributed by atoms with Crippen molar-refractivity contribution < 1.29 is 13.2 Å². The second-order valence-electron chi connectivity index (χ2n) is 10.3. The molecule has 1 amide bonds. The van der Waals surface area contributed by atoms with E-state index in [2.05, 4.69) is 21.6 Å². The number of nitrogens with zero attached hydrogens (tertiary/aromatic N) is 5. The molecule has 0 bridgehead atoms. The van der Waals surface area contributed by atoms with Gasteiger partial charge in [0.1, 0.15) is 15.7 Å². The number of carbonyl (C=O) groups excluding carboxylic acids is 1. The molecule has 2 aromatic rings. The van der Waals surface area contributed by atoms with Crippen LogP contribution in [-0.2, 0) is 22.4 Å². The van der Waals surface area contributed by atoms with Crippen LogP contribution in [0.3, 0.4) is 0 Å². The lowest BCUT2D eigenvalue weighted by Crippen LogP contribution is -2.61. The topological polar surface area (TPSA) is 99.9 Å². The molecule has 9 nitrogen and oxygen atoms in total. The maximum Gasteiger partial charge on any atom is 0.262 e. The highest BCUT2D eigenvalue weighted by Crippen LogP contribution is 2.41. The summed E-state index contributed by atoms with van der Waals surface area (Å²) in [6.07, 6.45) is 5.26. The molecule has 5 rings (SSSR count). The molecule has 172 valence electrons. The van der Waals surface area contributed by atoms with Gasteiger partial charge in [0, 0.05) is 24.1 Å². The highest BCUT2D eigenvalue weighted by Gasteiger charge is 2.48. The Hall–Kier alpha value is -2.59. The predicted octanol–water partition coefficient (Wildman–Crippen LogP) is -0.344. The quantitative estimate of drug-likeness (QED) is 0.608. The molecule has 3 heterocycles. The van der Waals surface area contributed by atoms with Crippen LogP contribution >= 0.6 is 0 Å². The zero-order chi connectivity index (χ0) is 23.9. The van der Waals surface area contributed by atoms with E-state index in [1.165, 1.54) is 6.07 Å². The van der Waals surface area contributed by atoms with Crippen molar-refractivity contribution in [2.45, 2.75) is 55.4 Å². The Labute approximate surface area is 196 Å². The van der Waals surface area contributed by atoms with E-state index in [0.29, 0.717) is 18.1 Å². The van der Waals surface area contributed by atoms with Crippen LogP contribution in [-0.4, -0.2) is 68.8 Å². The predicted molar refractivity (Wildman–Crippen MR) is 132 cm³/mol. The lowest BCUT2D eigenvalue weighted by molar-refractivity contribution is 0.0808. The smallest absolute Gasteiger partial charge is 0.262 e. The lowest BCUT2D eigenvalue weighted by Gasteiger charge is -2.46. The summed E-state index contributed by atoms with van der Waals surface area (Å²) >= 11 is 0. The second-order valence-corrected chi connectivity index (χ2v) is 11.9. The standard InChI is InChI=1S/C21H28B2N6O3S/c1-12-7-15(33(31,32)26-20(3)5-6-20)8-16-17(12)28-13(2)9-24-19(28)29(18(16)30)21(22,23)14-10-25-27(4)11-14/h7-8,10-11,13,26H,5-6,9,22-23H2,1-4H3/t13-/m1/s1. The van der Waals surface area contributed by atoms with Gasteiger partial charge in [0.05, 0.1) is 34.9 Å². The minimum atomic E-state index is -3.76. The summed E-state index contributed by atoms with van der Waals surface area (Å²) < 4.78 is 30.8. The molecule has 0 spiro atoms. The Morgan fingerprint density at radius 2 is 1.97 bits per heavy atom. The highest BCUT2D eigenvalue weighted by atomic mass is 32.2. The summed E-state index contributed by atoms with van der Waals surface area (Å²) in [5, 5.41) is 3.54. The molecule has 1 fully saturated rings. The van der Waals surface area contributed by atoms with E-state index in [-0.39, 0.29) is 16.8 Å². The average Bonchev–Trinajstić information content (AvgIpc) is 3.08. The number of carbonyl (C=O) groups is 1. The summed E-state index contributed by atoms with van der Waals surface area (Å²) in [5.41, 5.74) is 2.32. The molecule has 1 N–H and O–H groups in total. The molecule has 1 saturated carbocycles. The third-order valence-electron chi connectivity index (χ3n) is 6.96. The van der Waals surface area contributed by atoms with Crippen molar-refractivity contribution in [2.24, 2.45) is 12.0 Å². The molecule has 0 unspecified atom stereocenters. The number of aliphatic imine (C=N–C) groups is 1. The van der Waals surface area contributed by atoms with Crippen molar-refractivity contribution >= 4 is 43.3 Å². The third kappa shape index (κ3) is 3.42. The molecule has 12 heteroatoms. The number of hydrogen-bond acceptors (Lipinski definition) is 6. The minimum Gasteiger partial charge on any atom is -0.306 e. The van der Waals surface area contributed by atoms with Gasteiger partial charge in [-0.05, 0) is 56.9 Å². The van der Waals surface area contributed by atoms with Crippen molar-refractivity contribution in [2.75, 3.05) is 11.4 Å². The fourth-order valence-corrected chi connectivity index (χ4v) is 6.28. The van der Waals surface area contributed by atoms with Crippen molar-refractivity contribution in [1.29, 1.82) is 0 Å². The van der Waals surface area contributed by atoms with Crippen molar-refractivity contribution in [3.05, 3.63) is 41.2 Å². The molecule has 1 atom stereocenters. The summed E-state index contributed by atoms with van der Waals surface area (Å²) in [7, 11) is 2.00. The van der Waals surface area contributed by atoms with Gasteiger partial charge >= 0.3 is 0 Å². The molecule has 1 aromatic carbocycles. The number of amides is 1. The van der Waals surface area contributed by atoms with Gasteiger partial charge in [0.25, 0.3) is 5.91 Å². The summed E-state index contributed by atoms with van der Waals surface area (Å²) in [4.78, 5) is 22.6. The molecule has 0 saturated heterocycles. The molecule has 0 radical (unpaired) electrons. The third-order valence-corrected chi connectivity index (χ3v) is 8.58. The van der Waals surface area contributed by atoms with Crippen LogP contribution < -0.4 is 9.62 Å². The first kappa shape index (κ1) is 22.2. The zero-order valence-corrected chi connectivity index (χ0v) is 20.7. The Balaban J connectivity index is 1.66. The summed E-state index contributed by atoms with van der Waals surface area (Å²) in [6, 6.07) is 3.22. The van der Waals surface area contributed by atoms with Crippen LogP contribution in [0.2, 0.25) is 0 Å². The number of benzene rings is 1. The van der Waals surface area contributed by atoms with Gasteiger partial charge < -0.3 is 4.90 Å². The fourth-order valence-electron chi connectivity index (χ4n) is 4.71. The van der Waals surface area contributed by atoms with Crippen molar-refractivity contribution in [3.63, 3.8) is 0 Å². The monoisotopic (exact) mass is 466 g/mol. The van der Waals surface area contributed by atoms with Crippen LogP contribution in [0.1, 0.15) is 48.2 Å². The zero-order valence-electron chi connectivity index (χ0n) is 19.9. The Morgan fingerprint density at radius 1 is 1.27 bits per heavy atom. The Bertz CT molecular complexity index is 1320. The number of aryl methyl sites for hydroxylation is 2. The maximum atomic E-state index is 14.0. The molecule has 1 aliphatic carbocycles. The van der Waals surface area contributed by atoms with Gasteiger partial charge in [-0.1, -0.05) is 0 Å². The average molecular weight is 466 g/mol. The number of fused-ring (bicyclic) bond motifs is 3. The molecule has 2 aliphatic heterocycles. The minimum absolute atomic E-state index is 0.0451. The van der Waals surface area contributed by atoms with E-state index in [9.17, 15) is 13.2 Å². The normalized spacial score (nSPS) is 21.6. The van der Waals surface area contributed by atoms with Gasteiger partial charge in [-0.15, -0.1) is 0 Å². The van der Waals surface area contributed by atoms with E-state index in [1.54, 1.807) is 21.8 Å². The fraction of sp³-hybridized carbons (Fsp3) is 0.476. The number of rotatable bonds is 5. The number of guanidine groups is 1. The first-order chi connectivity index (χ1) is 15.3. The number of aromatic nitrogens is 2. The maximum absolute atomic E-state index is 14.0.